The van der Waals surface area contributed by atoms with E-state index in [4.69, 9.17) is 4.84 Å². The van der Waals surface area contributed by atoms with Crippen molar-refractivity contribution in [1.29, 1.82) is 0 Å². The van der Waals surface area contributed by atoms with Crippen LogP contribution in [0.15, 0.2) is 78.9 Å². The van der Waals surface area contributed by atoms with Gasteiger partial charge in [0, 0.05) is 12.1 Å². The van der Waals surface area contributed by atoms with Gasteiger partial charge >= 0.3 is 0 Å². The van der Waals surface area contributed by atoms with Crippen molar-refractivity contribution in [2.45, 2.75) is 19.1 Å². The molecule has 8 nitrogen and oxygen atoms in total. The Labute approximate surface area is 183 Å². The minimum absolute atomic E-state index is 0.114. The molecule has 2 aliphatic rings. The lowest BCUT2D eigenvalue weighted by Crippen LogP contribution is -2.37. The highest BCUT2D eigenvalue weighted by Crippen LogP contribution is 2.47. The van der Waals surface area contributed by atoms with Gasteiger partial charge in [0.1, 0.15) is 5.92 Å². The molecule has 8 heteroatoms. The molecule has 2 amide bonds. The third-order valence-electron chi connectivity index (χ3n) is 5.86. The molecule has 0 radical (unpaired) electrons. The number of hydrogen-bond acceptors (Lipinski definition) is 6. The van der Waals surface area contributed by atoms with Crippen molar-refractivity contribution in [2.24, 2.45) is 5.92 Å². The van der Waals surface area contributed by atoms with Gasteiger partial charge in [0.2, 0.25) is 5.91 Å². The molecule has 160 valence electrons. The summed E-state index contributed by atoms with van der Waals surface area (Å²) in [7, 11) is 0. The van der Waals surface area contributed by atoms with Gasteiger partial charge in [0.25, 0.3) is 11.6 Å². The Morgan fingerprint density at radius 3 is 2.12 bits per heavy atom. The van der Waals surface area contributed by atoms with Crippen molar-refractivity contribution in [3.63, 3.8) is 0 Å². The Hall–Kier alpha value is -4.04. The van der Waals surface area contributed by atoms with Crippen LogP contribution in [0.2, 0.25) is 0 Å². The molecular formula is C24H19N3O5. The van der Waals surface area contributed by atoms with E-state index < -0.39 is 34.8 Å². The fourth-order valence-corrected chi connectivity index (χ4v) is 4.29. The van der Waals surface area contributed by atoms with Gasteiger partial charge in [0.15, 0.2) is 6.10 Å². The molecule has 0 aliphatic carbocycles. The highest BCUT2D eigenvalue weighted by atomic mass is 16.7. The first-order valence-electron chi connectivity index (χ1n) is 10.2. The predicted octanol–water partition coefficient (Wildman–Crippen LogP) is 3.95. The molecule has 0 aromatic heterocycles. The molecule has 0 N–H and O–H groups in total. The number of hydrogen-bond donors (Lipinski definition) is 0. The molecule has 2 heterocycles. The number of para-hydroxylation sites is 1. The number of anilines is 2. The fourth-order valence-electron chi connectivity index (χ4n) is 4.29. The summed E-state index contributed by atoms with van der Waals surface area (Å²) in [6.45, 7) is 1.98. The third kappa shape index (κ3) is 3.12. The maximum atomic E-state index is 13.5. The summed E-state index contributed by atoms with van der Waals surface area (Å²) in [6.07, 6.45) is -0.982. The number of nitrogens with zero attached hydrogens (tertiary/aromatic N) is 3. The van der Waals surface area contributed by atoms with Crippen molar-refractivity contribution in [3.8, 4) is 0 Å². The zero-order valence-electron chi connectivity index (χ0n) is 17.1. The fraction of sp³-hybridized carbons (Fsp3) is 0.167. The molecular weight excluding hydrogens is 410 g/mol. The largest absolute Gasteiger partial charge is 0.273 e. The van der Waals surface area contributed by atoms with Crippen LogP contribution in [-0.4, -0.2) is 22.8 Å². The number of carbonyl (C=O) groups is 2. The number of carbonyl (C=O) groups excluding carboxylic acids is 2. The molecule has 5 rings (SSSR count). The second-order valence-corrected chi connectivity index (χ2v) is 7.85. The number of amides is 2. The van der Waals surface area contributed by atoms with E-state index >= 15 is 0 Å². The van der Waals surface area contributed by atoms with Crippen molar-refractivity contribution in [3.05, 3.63) is 100 Å². The Bertz CT molecular complexity index is 1190. The number of non-ortho nitro benzene ring substituents is 1. The summed E-state index contributed by atoms with van der Waals surface area (Å²) in [5.41, 5.74) is 2.86. The first kappa shape index (κ1) is 19.9. The van der Waals surface area contributed by atoms with Gasteiger partial charge in [-0.15, -0.1) is 0 Å². The Morgan fingerprint density at radius 2 is 1.50 bits per heavy atom. The van der Waals surface area contributed by atoms with Gasteiger partial charge in [-0.3, -0.25) is 24.5 Å². The summed E-state index contributed by atoms with van der Waals surface area (Å²) in [4.78, 5) is 44.3. The number of aryl methyl sites for hydroxylation is 1. The molecule has 2 fully saturated rings. The van der Waals surface area contributed by atoms with Crippen molar-refractivity contribution >= 4 is 28.9 Å². The first-order chi connectivity index (χ1) is 15.5. The lowest BCUT2D eigenvalue weighted by molar-refractivity contribution is -0.384. The van der Waals surface area contributed by atoms with Crippen LogP contribution in [0.1, 0.15) is 17.2 Å². The van der Waals surface area contributed by atoms with E-state index in [9.17, 15) is 19.7 Å². The maximum absolute atomic E-state index is 13.5. The van der Waals surface area contributed by atoms with Crippen LogP contribution in [0.25, 0.3) is 0 Å². The number of benzene rings is 3. The Kier molecular flexibility index (Phi) is 4.71. The van der Waals surface area contributed by atoms with E-state index in [2.05, 4.69) is 0 Å². The van der Waals surface area contributed by atoms with E-state index in [0.29, 0.717) is 0 Å². The minimum Gasteiger partial charge on any atom is -0.273 e. The Morgan fingerprint density at radius 1 is 0.844 bits per heavy atom. The zero-order chi connectivity index (χ0) is 22.4. The van der Waals surface area contributed by atoms with E-state index in [-0.39, 0.29) is 11.4 Å². The highest BCUT2D eigenvalue weighted by Gasteiger charge is 2.60. The standard InChI is InChI=1S/C24H19N3O5/c1-15-7-9-16(10-8-15)21-20-22(32-26(21)18-5-3-2-4-6-18)24(29)25(23(20)28)17-11-13-19(14-12-17)27(30)31/h2-14,20-22H,1H3/t20-,21-,22-/m1/s1. The van der Waals surface area contributed by atoms with Gasteiger partial charge in [0.05, 0.1) is 22.3 Å². The van der Waals surface area contributed by atoms with Crippen LogP contribution in [0, 0.1) is 23.0 Å². The second-order valence-electron chi connectivity index (χ2n) is 7.85. The summed E-state index contributed by atoms with van der Waals surface area (Å²) < 4.78 is 0. The van der Waals surface area contributed by atoms with Crippen molar-refractivity contribution in [2.75, 3.05) is 9.96 Å². The highest BCUT2D eigenvalue weighted by molar-refractivity contribution is 6.23. The predicted molar refractivity (Wildman–Crippen MR) is 117 cm³/mol. The molecule has 3 aromatic carbocycles. The van der Waals surface area contributed by atoms with E-state index in [0.717, 1.165) is 21.7 Å². The van der Waals surface area contributed by atoms with Gasteiger partial charge in [-0.2, -0.15) is 0 Å². The van der Waals surface area contributed by atoms with Crippen LogP contribution in [-0.2, 0) is 14.4 Å². The first-order valence-corrected chi connectivity index (χ1v) is 10.2. The molecule has 2 aliphatic heterocycles. The molecule has 2 saturated heterocycles. The topological polar surface area (TPSA) is 93.0 Å². The van der Waals surface area contributed by atoms with E-state index in [1.165, 1.54) is 24.3 Å². The van der Waals surface area contributed by atoms with Gasteiger partial charge in [-0.1, -0.05) is 48.0 Å². The minimum atomic E-state index is -0.982. The van der Waals surface area contributed by atoms with Crippen LogP contribution >= 0.6 is 0 Å². The van der Waals surface area contributed by atoms with Gasteiger partial charge in [-0.05, 0) is 36.8 Å². The van der Waals surface area contributed by atoms with E-state index in [1.807, 2.05) is 61.5 Å². The van der Waals surface area contributed by atoms with Crippen molar-refractivity contribution in [1.82, 2.24) is 0 Å². The lowest BCUT2D eigenvalue weighted by atomic mass is 9.90. The normalized spacial score (nSPS) is 22.3. The lowest BCUT2D eigenvalue weighted by Gasteiger charge is -2.28. The van der Waals surface area contributed by atoms with Crippen LogP contribution in [0.5, 0.6) is 0 Å². The third-order valence-corrected chi connectivity index (χ3v) is 5.86. The number of imide groups is 1. The molecule has 0 spiro atoms. The molecule has 0 unspecified atom stereocenters. The quantitative estimate of drug-likeness (QED) is 0.354. The number of hydroxylamine groups is 1. The van der Waals surface area contributed by atoms with Crippen LogP contribution in [0.4, 0.5) is 17.1 Å². The Balaban J connectivity index is 1.55. The number of fused-ring (bicyclic) bond motifs is 1. The second kappa shape index (κ2) is 7.58. The summed E-state index contributed by atoms with van der Waals surface area (Å²) >= 11 is 0. The molecule has 0 saturated carbocycles. The summed E-state index contributed by atoms with van der Waals surface area (Å²) in [6, 6.07) is 22.0. The molecule has 3 atom stereocenters. The number of rotatable bonds is 4. The monoisotopic (exact) mass is 429 g/mol. The van der Waals surface area contributed by atoms with E-state index in [1.54, 1.807) is 5.06 Å². The average molecular weight is 429 g/mol. The summed E-state index contributed by atoms with van der Waals surface area (Å²) in [5, 5.41) is 12.6. The van der Waals surface area contributed by atoms with Gasteiger partial charge in [-0.25, -0.2) is 9.96 Å². The van der Waals surface area contributed by atoms with Gasteiger partial charge < -0.3 is 0 Å². The summed E-state index contributed by atoms with van der Waals surface area (Å²) in [5.74, 6) is -1.62. The number of nitro benzene ring substituents is 1. The number of nitro groups is 1. The SMILES string of the molecule is Cc1ccc([C@@H]2[C@H]3C(=O)N(c4ccc([N+](=O)[O-])cc4)C(=O)[C@@H]3ON2c2ccccc2)cc1. The molecule has 3 aromatic rings. The average Bonchev–Trinajstić information content (AvgIpc) is 3.31. The maximum Gasteiger partial charge on any atom is 0.269 e. The smallest absolute Gasteiger partial charge is 0.269 e. The van der Waals surface area contributed by atoms with Crippen LogP contribution < -0.4 is 9.96 Å². The van der Waals surface area contributed by atoms with Crippen molar-refractivity contribution < 1.29 is 19.3 Å². The van der Waals surface area contributed by atoms with Crippen LogP contribution in [0.3, 0.4) is 0 Å². The molecule has 32 heavy (non-hydrogen) atoms. The zero-order valence-corrected chi connectivity index (χ0v) is 17.1. The molecule has 0 bridgehead atoms.